The van der Waals surface area contributed by atoms with Crippen molar-refractivity contribution in [3.05, 3.63) is 146 Å². The first-order valence-electron chi connectivity index (χ1n) is 12.9. The van der Waals surface area contributed by atoms with Crippen LogP contribution in [0.4, 0.5) is 11.6 Å². The third kappa shape index (κ3) is 4.60. The van der Waals surface area contributed by atoms with Crippen LogP contribution in [0.2, 0.25) is 0 Å². The van der Waals surface area contributed by atoms with Gasteiger partial charge in [0.25, 0.3) is 0 Å². The molecule has 0 amide bonds. The van der Waals surface area contributed by atoms with Crippen LogP contribution in [-0.4, -0.2) is 18.0 Å². The maximum atomic E-state index is 5.82. The van der Waals surface area contributed by atoms with Gasteiger partial charge in [-0.1, -0.05) is 109 Å². The van der Waals surface area contributed by atoms with E-state index in [1.165, 1.54) is 20.7 Å². The van der Waals surface area contributed by atoms with Gasteiger partial charge < -0.3 is 11.5 Å². The molecule has 4 N–H and O–H groups in total. The van der Waals surface area contributed by atoms with Crippen molar-refractivity contribution in [2.45, 2.75) is 0 Å². The van der Waals surface area contributed by atoms with Crippen molar-refractivity contribution in [1.29, 1.82) is 0 Å². The number of aromatic nitrogens is 2. The molecule has 0 saturated heterocycles. The number of hydrogen-bond acceptors (Lipinski definition) is 4. The second kappa shape index (κ2) is 10.4. The van der Waals surface area contributed by atoms with Crippen molar-refractivity contribution in [1.82, 2.24) is 9.97 Å². The number of hydrogen-bond donors (Lipinski definition) is 2. The van der Waals surface area contributed by atoms with Crippen molar-refractivity contribution in [3.63, 3.8) is 0 Å². The second-order valence-electron chi connectivity index (χ2n) is 9.58. The first kappa shape index (κ1) is 24.3. The Bertz CT molecular complexity index is 1540. The van der Waals surface area contributed by atoms with Gasteiger partial charge in [0, 0.05) is 23.5 Å². The Balaban J connectivity index is 1.55. The van der Waals surface area contributed by atoms with E-state index in [-0.39, 0.29) is 0 Å². The summed E-state index contributed by atoms with van der Waals surface area (Å²) in [5.41, 5.74) is 16.0. The van der Waals surface area contributed by atoms with Gasteiger partial charge >= 0.3 is 0 Å². The maximum absolute atomic E-state index is 5.82. The molecule has 39 heavy (non-hydrogen) atoms. The van der Waals surface area contributed by atoms with Gasteiger partial charge in [0.2, 0.25) is 0 Å². The van der Waals surface area contributed by atoms with E-state index in [0.29, 0.717) is 11.6 Å². The van der Waals surface area contributed by atoms with Gasteiger partial charge in [0.1, 0.15) is 11.6 Å². The first-order chi connectivity index (χ1) is 19.1. The predicted molar refractivity (Wildman–Crippen MR) is 165 cm³/mol. The monoisotopic (exact) mass is 520 g/mol. The Labute approximate surface area is 229 Å². The molecule has 6 aromatic rings. The zero-order valence-corrected chi connectivity index (χ0v) is 22.4. The van der Waals surface area contributed by atoms with E-state index < -0.39 is 8.07 Å². The summed E-state index contributed by atoms with van der Waals surface area (Å²) >= 11 is 0. The summed E-state index contributed by atoms with van der Waals surface area (Å²) in [5.74, 6) is 1.04. The highest BCUT2D eigenvalue weighted by atomic mass is 28.3. The Kier molecular flexibility index (Phi) is 6.49. The molecule has 0 bridgehead atoms. The summed E-state index contributed by atoms with van der Waals surface area (Å²) in [6, 6.07) is 47.5. The largest absolute Gasteiger partial charge is 0.384 e. The fourth-order valence-electron chi connectivity index (χ4n) is 5.35. The van der Waals surface area contributed by atoms with Crippen LogP contribution in [0, 0.1) is 0 Å². The lowest BCUT2D eigenvalue weighted by Gasteiger charge is -2.34. The van der Waals surface area contributed by atoms with Crippen LogP contribution >= 0.6 is 0 Å². The standard InChI is InChI=1S/C34H28N4Si/c35-33-21-15-27(23-37-33)25-11-17-31(18-12-25)39(29-7-3-1-4-8-29,30-9-5-2-6-10-30)32-19-13-26(14-20-32)28-16-22-34(36)38-24-28/h1-24H,(H2,35,37)(H2,36,38). The molecule has 0 saturated carbocycles. The lowest BCUT2D eigenvalue weighted by atomic mass is 10.1. The van der Waals surface area contributed by atoms with E-state index in [2.05, 4.69) is 119 Å². The van der Waals surface area contributed by atoms with Gasteiger partial charge in [-0.3, -0.25) is 0 Å². The molecule has 4 nitrogen and oxygen atoms in total. The van der Waals surface area contributed by atoms with Gasteiger partial charge in [-0.05, 0) is 56.1 Å². The SMILES string of the molecule is Nc1ccc(-c2ccc([Si](c3ccccc3)(c3ccccc3)c3ccc(-c4ccc(N)nc4)cc3)cc2)cn1. The zero-order valence-electron chi connectivity index (χ0n) is 21.4. The summed E-state index contributed by atoms with van der Waals surface area (Å²) in [6.07, 6.45) is 3.66. The Morgan fingerprint density at radius 2 is 0.692 bits per heavy atom. The molecule has 0 fully saturated rings. The van der Waals surface area contributed by atoms with E-state index in [0.717, 1.165) is 22.3 Å². The fourth-order valence-corrected chi connectivity index (χ4v) is 10.1. The fraction of sp³-hybridized carbons (Fsp3) is 0. The van der Waals surface area contributed by atoms with Crippen LogP contribution in [0.1, 0.15) is 0 Å². The topological polar surface area (TPSA) is 77.8 Å². The quantitative estimate of drug-likeness (QED) is 0.253. The second-order valence-corrected chi connectivity index (χ2v) is 13.4. The number of pyridine rings is 2. The van der Waals surface area contributed by atoms with E-state index in [9.17, 15) is 0 Å². The minimum absolute atomic E-state index is 0.521. The van der Waals surface area contributed by atoms with Gasteiger partial charge in [0.15, 0.2) is 8.07 Å². The van der Waals surface area contributed by atoms with Gasteiger partial charge in [-0.25, -0.2) is 9.97 Å². The van der Waals surface area contributed by atoms with Crippen LogP contribution in [0.5, 0.6) is 0 Å². The third-order valence-corrected chi connectivity index (χ3v) is 12.1. The molecule has 0 aliphatic rings. The molecule has 0 aliphatic heterocycles. The number of nitrogens with zero attached hydrogens (tertiary/aromatic N) is 2. The van der Waals surface area contributed by atoms with Crippen LogP contribution < -0.4 is 32.2 Å². The molecular weight excluding hydrogens is 492 g/mol. The molecule has 6 rings (SSSR count). The molecule has 188 valence electrons. The normalized spacial score (nSPS) is 11.3. The van der Waals surface area contributed by atoms with Crippen molar-refractivity contribution in [2.24, 2.45) is 0 Å². The number of anilines is 2. The highest BCUT2D eigenvalue weighted by Gasteiger charge is 2.41. The molecule has 5 heteroatoms. The van der Waals surface area contributed by atoms with Crippen LogP contribution in [0.25, 0.3) is 22.3 Å². The van der Waals surface area contributed by atoms with E-state index in [1.807, 2.05) is 36.7 Å². The molecule has 0 radical (unpaired) electrons. The van der Waals surface area contributed by atoms with Crippen LogP contribution in [0.3, 0.4) is 0 Å². The average molecular weight is 521 g/mol. The summed E-state index contributed by atoms with van der Waals surface area (Å²) in [5, 5.41) is 5.29. The van der Waals surface area contributed by atoms with Crippen LogP contribution in [0.15, 0.2) is 146 Å². The molecule has 0 unspecified atom stereocenters. The highest BCUT2D eigenvalue weighted by Crippen LogP contribution is 2.21. The summed E-state index contributed by atoms with van der Waals surface area (Å²) in [6.45, 7) is 0. The van der Waals surface area contributed by atoms with E-state index >= 15 is 0 Å². The minimum Gasteiger partial charge on any atom is -0.384 e. The zero-order chi connectivity index (χ0) is 26.7. The minimum atomic E-state index is -2.64. The Hall–Kier alpha value is -5.00. The highest BCUT2D eigenvalue weighted by molar-refractivity contribution is 7.19. The smallest absolute Gasteiger partial charge is 0.179 e. The van der Waals surface area contributed by atoms with Crippen LogP contribution in [-0.2, 0) is 0 Å². The molecule has 0 aliphatic carbocycles. The number of nitrogen functional groups attached to an aromatic ring is 2. The van der Waals surface area contributed by atoms with E-state index in [1.54, 1.807) is 0 Å². The lowest BCUT2D eigenvalue weighted by Crippen LogP contribution is -2.74. The third-order valence-electron chi connectivity index (χ3n) is 7.29. The molecule has 4 aromatic carbocycles. The summed E-state index contributed by atoms with van der Waals surface area (Å²) in [4.78, 5) is 8.57. The Morgan fingerprint density at radius 1 is 0.359 bits per heavy atom. The summed E-state index contributed by atoms with van der Waals surface area (Å²) in [7, 11) is -2.64. The van der Waals surface area contributed by atoms with Gasteiger partial charge in [0.05, 0.1) is 0 Å². The van der Waals surface area contributed by atoms with Crippen molar-refractivity contribution in [2.75, 3.05) is 11.5 Å². The average Bonchev–Trinajstić information content (AvgIpc) is 3.00. The van der Waals surface area contributed by atoms with Crippen molar-refractivity contribution in [3.8, 4) is 22.3 Å². The van der Waals surface area contributed by atoms with Crippen molar-refractivity contribution >= 4 is 40.5 Å². The number of nitrogens with two attached hydrogens (primary N) is 2. The molecular formula is C34H28N4Si. The first-order valence-corrected chi connectivity index (χ1v) is 14.9. The molecule has 2 aromatic heterocycles. The lowest BCUT2D eigenvalue weighted by molar-refractivity contribution is 1.34. The van der Waals surface area contributed by atoms with Gasteiger partial charge in [-0.2, -0.15) is 0 Å². The number of rotatable bonds is 6. The van der Waals surface area contributed by atoms with E-state index in [4.69, 9.17) is 11.5 Å². The predicted octanol–water partition coefficient (Wildman–Crippen LogP) is 4.35. The summed E-state index contributed by atoms with van der Waals surface area (Å²) < 4.78 is 0. The Morgan fingerprint density at radius 3 is 1.03 bits per heavy atom. The van der Waals surface area contributed by atoms with Crippen molar-refractivity contribution < 1.29 is 0 Å². The van der Waals surface area contributed by atoms with Gasteiger partial charge in [-0.15, -0.1) is 0 Å². The molecule has 2 heterocycles. The maximum Gasteiger partial charge on any atom is 0.179 e. The molecule has 0 atom stereocenters. The molecule has 0 spiro atoms. The number of benzene rings is 4.